The van der Waals surface area contributed by atoms with E-state index in [2.05, 4.69) is 22.4 Å². The van der Waals surface area contributed by atoms with Crippen LogP contribution in [-0.4, -0.2) is 60.6 Å². The number of nitrogens with zero attached hydrogens (tertiary/aromatic N) is 3. The molecule has 0 spiro atoms. The zero-order chi connectivity index (χ0) is 28.0. The van der Waals surface area contributed by atoms with Gasteiger partial charge in [-0.2, -0.15) is 5.26 Å². The fourth-order valence-electron chi connectivity index (χ4n) is 5.91. The van der Waals surface area contributed by atoms with Gasteiger partial charge in [0.25, 0.3) is 5.91 Å². The molecule has 0 radical (unpaired) electrons. The second kappa shape index (κ2) is 13.0. The van der Waals surface area contributed by atoms with Gasteiger partial charge in [0.15, 0.2) is 0 Å². The van der Waals surface area contributed by atoms with Crippen LogP contribution >= 0.6 is 23.2 Å². The molecule has 206 valence electrons. The summed E-state index contributed by atoms with van der Waals surface area (Å²) in [5, 5.41) is 13.8. The normalized spacial score (nSPS) is 17.4. The number of nitrogens with one attached hydrogen (secondary N) is 1. The fraction of sp³-hybridized carbons (Fsp3) is 0.467. The van der Waals surface area contributed by atoms with Crippen LogP contribution in [0.4, 0.5) is 0 Å². The molecule has 0 aromatic heterocycles. The number of benzene rings is 2. The molecular formula is C30H34Cl2N4O3. The maximum absolute atomic E-state index is 13.1. The Morgan fingerprint density at radius 2 is 1.85 bits per heavy atom. The molecule has 0 aliphatic carbocycles. The van der Waals surface area contributed by atoms with Crippen molar-refractivity contribution >= 4 is 41.3 Å². The summed E-state index contributed by atoms with van der Waals surface area (Å²) in [4.78, 5) is 40.5. The highest BCUT2D eigenvalue weighted by molar-refractivity contribution is 6.36. The second-order valence-corrected chi connectivity index (χ2v) is 11.2. The third-order valence-corrected chi connectivity index (χ3v) is 8.74. The number of aldehydes is 1. The molecule has 1 saturated heterocycles. The first-order valence-electron chi connectivity index (χ1n) is 13.5. The number of fused-ring (bicyclic) bond motifs is 1. The maximum atomic E-state index is 13.1. The molecule has 4 rings (SSSR count). The average Bonchev–Trinajstić information content (AvgIpc) is 3.28. The summed E-state index contributed by atoms with van der Waals surface area (Å²) in [7, 11) is 1.55. The molecule has 39 heavy (non-hydrogen) atoms. The number of unbranched alkanes of at least 4 members (excludes halogenated alkanes) is 1. The van der Waals surface area contributed by atoms with Gasteiger partial charge in [0.05, 0.1) is 11.5 Å². The Morgan fingerprint density at radius 1 is 1.15 bits per heavy atom. The molecule has 0 bridgehead atoms. The van der Waals surface area contributed by atoms with Crippen LogP contribution in [0.3, 0.4) is 0 Å². The molecule has 2 aliphatic rings. The molecule has 1 atom stereocenters. The summed E-state index contributed by atoms with van der Waals surface area (Å²) >= 11 is 12.9. The number of aryl methyl sites for hydroxylation is 1. The number of nitriles is 1. The number of piperidine rings is 1. The van der Waals surface area contributed by atoms with Crippen molar-refractivity contribution in [2.24, 2.45) is 0 Å². The minimum atomic E-state index is -0.660. The predicted octanol–water partition coefficient (Wildman–Crippen LogP) is 4.92. The predicted molar refractivity (Wildman–Crippen MR) is 152 cm³/mol. The molecule has 1 N–H and O–H groups in total. The van der Waals surface area contributed by atoms with Gasteiger partial charge in [0.2, 0.25) is 5.91 Å². The topological polar surface area (TPSA) is 93.5 Å². The molecule has 2 aliphatic heterocycles. The minimum Gasteiger partial charge on any atom is -0.357 e. The third-order valence-electron chi connectivity index (χ3n) is 8.11. The summed E-state index contributed by atoms with van der Waals surface area (Å²) in [6.07, 6.45) is 5.49. The SMILES string of the molecule is CNC(=O)C(CCC=O)N1Cc2c(CCCCN3CCC(C#N)(c4c(Cl)cccc4Cl)CC3)cccc2C1=O. The number of hydrogen-bond donors (Lipinski definition) is 1. The van der Waals surface area contributed by atoms with Gasteiger partial charge in [0.1, 0.15) is 12.3 Å². The summed E-state index contributed by atoms with van der Waals surface area (Å²) in [6.45, 7) is 2.93. The summed E-state index contributed by atoms with van der Waals surface area (Å²) in [5.74, 6) is -0.405. The number of likely N-dealkylation sites (tertiary alicyclic amines) is 1. The number of carbonyl (C=O) groups is 3. The highest BCUT2D eigenvalue weighted by Crippen LogP contribution is 2.42. The van der Waals surface area contributed by atoms with Crippen molar-refractivity contribution in [1.82, 2.24) is 15.1 Å². The van der Waals surface area contributed by atoms with Gasteiger partial charge in [0, 0.05) is 41.2 Å². The number of halogens is 2. The Hall–Kier alpha value is -2.92. The molecule has 7 nitrogen and oxygen atoms in total. The smallest absolute Gasteiger partial charge is 0.255 e. The van der Waals surface area contributed by atoms with E-state index in [0.717, 1.165) is 61.9 Å². The highest BCUT2D eigenvalue weighted by Gasteiger charge is 2.40. The zero-order valence-corrected chi connectivity index (χ0v) is 23.7. The third kappa shape index (κ3) is 6.14. The summed E-state index contributed by atoms with van der Waals surface area (Å²) in [6, 6.07) is 13.0. The minimum absolute atomic E-state index is 0.153. The molecule has 2 aromatic carbocycles. The second-order valence-electron chi connectivity index (χ2n) is 10.3. The van der Waals surface area contributed by atoms with Gasteiger partial charge in [-0.3, -0.25) is 9.59 Å². The van der Waals surface area contributed by atoms with E-state index in [9.17, 15) is 19.6 Å². The first kappa shape index (κ1) is 29.1. The lowest BCUT2D eigenvalue weighted by Gasteiger charge is -2.38. The van der Waals surface area contributed by atoms with Crippen LogP contribution in [0.15, 0.2) is 36.4 Å². The Labute approximate surface area is 240 Å². The van der Waals surface area contributed by atoms with Crippen molar-refractivity contribution in [3.05, 3.63) is 68.7 Å². The van der Waals surface area contributed by atoms with E-state index < -0.39 is 11.5 Å². The molecule has 1 unspecified atom stereocenters. The zero-order valence-electron chi connectivity index (χ0n) is 22.2. The average molecular weight is 570 g/mol. The fourth-order valence-corrected chi connectivity index (χ4v) is 6.67. The van der Waals surface area contributed by atoms with E-state index >= 15 is 0 Å². The van der Waals surface area contributed by atoms with Crippen LogP contribution in [0.5, 0.6) is 0 Å². The number of rotatable bonds is 11. The molecule has 9 heteroatoms. The molecular weight excluding hydrogens is 535 g/mol. The Morgan fingerprint density at radius 3 is 2.49 bits per heavy atom. The van der Waals surface area contributed by atoms with E-state index in [4.69, 9.17) is 23.2 Å². The van der Waals surface area contributed by atoms with Crippen LogP contribution in [0, 0.1) is 11.3 Å². The number of hydrogen-bond acceptors (Lipinski definition) is 5. The summed E-state index contributed by atoms with van der Waals surface area (Å²) in [5.41, 5.74) is 2.85. The molecule has 1 fully saturated rings. The summed E-state index contributed by atoms with van der Waals surface area (Å²) < 4.78 is 0. The van der Waals surface area contributed by atoms with Gasteiger partial charge in [-0.15, -0.1) is 0 Å². The molecule has 2 aromatic rings. The number of amides is 2. The number of likely N-dealkylation sites (N-methyl/N-ethyl adjacent to an activating group) is 1. The van der Waals surface area contributed by atoms with E-state index in [0.29, 0.717) is 41.4 Å². The van der Waals surface area contributed by atoms with Crippen molar-refractivity contribution in [2.45, 2.75) is 62.9 Å². The maximum Gasteiger partial charge on any atom is 0.255 e. The van der Waals surface area contributed by atoms with Gasteiger partial charge in [-0.05, 0) is 87.5 Å². The van der Waals surface area contributed by atoms with Crippen molar-refractivity contribution in [1.29, 1.82) is 5.26 Å². The highest BCUT2D eigenvalue weighted by atomic mass is 35.5. The van der Waals surface area contributed by atoms with Crippen molar-refractivity contribution in [3.63, 3.8) is 0 Å². The lowest BCUT2D eigenvalue weighted by Crippen LogP contribution is -2.46. The monoisotopic (exact) mass is 568 g/mol. The Balaban J connectivity index is 1.32. The van der Waals surface area contributed by atoms with Crippen LogP contribution in [-0.2, 0) is 28.0 Å². The standard InChI is InChI=1S/C30H34Cl2N4O3/c1-34-28(38)26(12-6-18-37)36-19-23-21(8-4-9-22(23)29(36)39)7-2-3-15-35-16-13-30(20-33,14-17-35)27-24(31)10-5-11-25(27)32/h4-5,8-11,18,26H,2-3,6-7,12-17,19H2,1H3,(H,34,38). The van der Waals surface area contributed by atoms with Gasteiger partial charge in [-0.25, -0.2) is 0 Å². The lowest BCUT2D eigenvalue weighted by atomic mass is 9.74. The Bertz CT molecular complexity index is 1250. The van der Waals surface area contributed by atoms with Gasteiger partial charge < -0.3 is 19.9 Å². The largest absolute Gasteiger partial charge is 0.357 e. The van der Waals surface area contributed by atoms with Crippen molar-refractivity contribution in [2.75, 3.05) is 26.7 Å². The first-order chi connectivity index (χ1) is 18.8. The van der Waals surface area contributed by atoms with Crippen LogP contribution in [0.1, 0.15) is 65.6 Å². The van der Waals surface area contributed by atoms with Crippen LogP contribution in [0.25, 0.3) is 0 Å². The van der Waals surface area contributed by atoms with Gasteiger partial charge >= 0.3 is 0 Å². The first-order valence-corrected chi connectivity index (χ1v) is 14.3. The number of carbonyl (C=O) groups excluding carboxylic acids is 3. The van der Waals surface area contributed by atoms with Crippen LogP contribution in [0.2, 0.25) is 10.0 Å². The van der Waals surface area contributed by atoms with E-state index in [1.54, 1.807) is 30.1 Å². The van der Waals surface area contributed by atoms with E-state index in [-0.39, 0.29) is 18.2 Å². The lowest BCUT2D eigenvalue weighted by molar-refractivity contribution is -0.125. The van der Waals surface area contributed by atoms with Crippen molar-refractivity contribution in [3.8, 4) is 6.07 Å². The van der Waals surface area contributed by atoms with Crippen LogP contribution < -0.4 is 5.32 Å². The molecule has 0 saturated carbocycles. The molecule has 2 amide bonds. The Kier molecular flexibility index (Phi) is 9.66. The quantitative estimate of drug-likeness (QED) is 0.306. The molecule has 2 heterocycles. The van der Waals surface area contributed by atoms with Gasteiger partial charge in [-0.1, -0.05) is 41.4 Å². The van der Waals surface area contributed by atoms with Crippen molar-refractivity contribution < 1.29 is 14.4 Å². The van der Waals surface area contributed by atoms with E-state index in [1.165, 1.54) is 0 Å². The van der Waals surface area contributed by atoms with E-state index in [1.807, 2.05) is 12.1 Å².